The molecule has 0 spiro atoms. The zero-order valence-corrected chi connectivity index (χ0v) is 20.9. The van der Waals surface area contributed by atoms with E-state index in [2.05, 4.69) is 5.32 Å². The number of rotatable bonds is 11. The number of benzene rings is 1. The molecule has 34 heavy (non-hydrogen) atoms. The van der Waals surface area contributed by atoms with Crippen molar-refractivity contribution in [2.75, 3.05) is 26.3 Å². The van der Waals surface area contributed by atoms with E-state index in [0.717, 1.165) is 0 Å². The third-order valence-corrected chi connectivity index (χ3v) is 4.29. The maximum absolute atomic E-state index is 13.0. The molecule has 2 atom stereocenters. The SMILES string of the molecule is CC(C)(C)OC(=O)C(C[C@H](NC(=O)Oc1ccccc1)C(=O)OC(C)(C)C)N(CCO)CCO. The van der Waals surface area contributed by atoms with Gasteiger partial charge in [-0.05, 0) is 53.7 Å². The summed E-state index contributed by atoms with van der Waals surface area (Å²) < 4.78 is 16.2. The Hall–Kier alpha value is -2.69. The molecule has 1 unspecified atom stereocenters. The fourth-order valence-corrected chi connectivity index (χ4v) is 3.02. The van der Waals surface area contributed by atoms with Gasteiger partial charge in [0.05, 0.1) is 13.2 Å². The van der Waals surface area contributed by atoms with Gasteiger partial charge in [0.15, 0.2) is 0 Å². The smallest absolute Gasteiger partial charge is 0.413 e. The summed E-state index contributed by atoms with van der Waals surface area (Å²) in [7, 11) is 0. The van der Waals surface area contributed by atoms with Crippen molar-refractivity contribution in [3.63, 3.8) is 0 Å². The van der Waals surface area contributed by atoms with Crippen LogP contribution in [0.2, 0.25) is 0 Å². The predicted molar refractivity (Wildman–Crippen MR) is 125 cm³/mol. The van der Waals surface area contributed by atoms with Crippen molar-refractivity contribution in [1.82, 2.24) is 10.2 Å². The number of nitrogens with zero attached hydrogens (tertiary/aromatic N) is 1. The molecular formula is C24H38N2O8. The lowest BCUT2D eigenvalue weighted by atomic mass is 10.0. The second-order valence-electron chi connectivity index (χ2n) is 9.70. The number of nitrogens with one attached hydrogen (secondary N) is 1. The molecule has 3 N–H and O–H groups in total. The maximum Gasteiger partial charge on any atom is 0.413 e. The summed E-state index contributed by atoms with van der Waals surface area (Å²) in [6, 6.07) is 5.96. The van der Waals surface area contributed by atoms with E-state index in [-0.39, 0.29) is 38.5 Å². The fourth-order valence-electron chi connectivity index (χ4n) is 3.02. The molecule has 0 fully saturated rings. The molecule has 1 amide bonds. The topological polar surface area (TPSA) is 135 Å². The van der Waals surface area contributed by atoms with Gasteiger partial charge in [-0.2, -0.15) is 0 Å². The molecule has 0 aliphatic heterocycles. The van der Waals surface area contributed by atoms with E-state index in [0.29, 0.717) is 0 Å². The molecule has 0 radical (unpaired) electrons. The van der Waals surface area contributed by atoms with Gasteiger partial charge in [0.25, 0.3) is 0 Å². The molecule has 0 aliphatic carbocycles. The second-order valence-corrected chi connectivity index (χ2v) is 9.70. The number of carbonyl (C=O) groups excluding carboxylic acids is 3. The van der Waals surface area contributed by atoms with Gasteiger partial charge in [0.2, 0.25) is 0 Å². The number of amides is 1. The van der Waals surface area contributed by atoms with E-state index in [9.17, 15) is 24.6 Å². The fraction of sp³-hybridized carbons (Fsp3) is 0.625. The van der Waals surface area contributed by atoms with Gasteiger partial charge in [-0.25, -0.2) is 9.59 Å². The van der Waals surface area contributed by atoms with Crippen LogP contribution >= 0.6 is 0 Å². The first-order valence-corrected chi connectivity index (χ1v) is 11.2. The third-order valence-electron chi connectivity index (χ3n) is 4.29. The van der Waals surface area contributed by atoms with Gasteiger partial charge in [-0.15, -0.1) is 0 Å². The van der Waals surface area contributed by atoms with E-state index in [1.807, 2.05) is 0 Å². The van der Waals surface area contributed by atoms with Crippen molar-refractivity contribution in [3.05, 3.63) is 30.3 Å². The van der Waals surface area contributed by atoms with Gasteiger partial charge in [0, 0.05) is 19.5 Å². The molecular weight excluding hydrogens is 444 g/mol. The average molecular weight is 483 g/mol. The minimum atomic E-state index is -1.27. The molecule has 192 valence electrons. The number of hydrogen-bond donors (Lipinski definition) is 3. The van der Waals surface area contributed by atoms with Crippen molar-refractivity contribution in [2.45, 2.75) is 71.2 Å². The lowest BCUT2D eigenvalue weighted by molar-refractivity contribution is -0.164. The minimum absolute atomic E-state index is 0.0416. The Morgan fingerprint density at radius 3 is 1.85 bits per heavy atom. The first kappa shape index (κ1) is 29.3. The molecule has 0 aliphatic rings. The largest absolute Gasteiger partial charge is 0.459 e. The van der Waals surface area contributed by atoms with E-state index < -0.39 is 41.3 Å². The van der Waals surface area contributed by atoms with Crippen LogP contribution in [0.3, 0.4) is 0 Å². The molecule has 0 saturated carbocycles. The summed E-state index contributed by atoms with van der Waals surface area (Å²) in [4.78, 5) is 40.1. The summed E-state index contributed by atoms with van der Waals surface area (Å²) in [5.41, 5.74) is -1.67. The van der Waals surface area contributed by atoms with Crippen LogP contribution in [-0.4, -0.2) is 82.7 Å². The van der Waals surface area contributed by atoms with Crippen molar-refractivity contribution in [3.8, 4) is 5.75 Å². The molecule has 1 rings (SSSR count). The molecule has 1 aromatic carbocycles. The Morgan fingerprint density at radius 2 is 1.38 bits per heavy atom. The van der Waals surface area contributed by atoms with Crippen LogP contribution in [0.15, 0.2) is 30.3 Å². The summed E-state index contributed by atoms with van der Waals surface area (Å²) in [5.74, 6) is -1.16. The quantitative estimate of drug-likeness (QED) is 0.404. The monoisotopic (exact) mass is 482 g/mol. The average Bonchev–Trinajstić information content (AvgIpc) is 2.69. The van der Waals surface area contributed by atoms with Gasteiger partial charge in [-0.1, -0.05) is 18.2 Å². The molecule has 1 aromatic rings. The highest BCUT2D eigenvalue weighted by molar-refractivity contribution is 5.84. The van der Waals surface area contributed by atoms with Crippen molar-refractivity contribution in [2.24, 2.45) is 0 Å². The number of ether oxygens (including phenoxy) is 3. The number of aliphatic hydroxyl groups excluding tert-OH is 2. The van der Waals surface area contributed by atoms with E-state index >= 15 is 0 Å². The van der Waals surface area contributed by atoms with E-state index in [1.54, 1.807) is 71.9 Å². The molecule has 10 heteroatoms. The molecule has 0 bridgehead atoms. The molecule has 0 saturated heterocycles. The Morgan fingerprint density at radius 1 is 0.882 bits per heavy atom. The Kier molecular flexibility index (Phi) is 11.4. The maximum atomic E-state index is 13.0. The normalized spacial score (nSPS) is 13.7. The van der Waals surface area contributed by atoms with Crippen LogP contribution in [0.5, 0.6) is 5.75 Å². The van der Waals surface area contributed by atoms with Crippen LogP contribution in [0.25, 0.3) is 0 Å². The standard InChI is InChI=1S/C24H38N2O8/c1-23(2,3)33-20(29)18(25-22(31)32-17-10-8-7-9-11-17)16-19(21(30)34-24(4,5)6)26(12-14-27)13-15-28/h7-11,18-19,27-28H,12-16H2,1-6H3,(H,25,31)/t18-,19?/m0/s1. The number of hydrogen-bond acceptors (Lipinski definition) is 9. The number of para-hydroxylation sites is 1. The lowest BCUT2D eigenvalue weighted by Crippen LogP contribution is -2.53. The predicted octanol–water partition coefficient (Wildman–Crippen LogP) is 1.87. The molecule has 0 heterocycles. The molecule has 0 aromatic heterocycles. The van der Waals surface area contributed by atoms with Crippen LogP contribution in [0.4, 0.5) is 4.79 Å². The lowest BCUT2D eigenvalue weighted by Gasteiger charge is -2.34. The summed E-state index contributed by atoms with van der Waals surface area (Å²) in [6.07, 6.45) is -1.13. The van der Waals surface area contributed by atoms with Crippen LogP contribution < -0.4 is 10.1 Å². The molecule has 10 nitrogen and oxygen atoms in total. The number of aliphatic hydroxyl groups is 2. The minimum Gasteiger partial charge on any atom is -0.459 e. The summed E-state index contributed by atoms with van der Waals surface area (Å²) in [5, 5.41) is 21.4. The first-order valence-electron chi connectivity index (χ1n) is 11.2. The van der Waals surface area contributed by atoms with Gasteiger partial charge >= 0.3 is 18.0 Å². The highest BCUT2D eigenvalue weighted by atomic mass is 16.6. The van der Waals surface area contributed by atoms with E-state index in [4.69, 9.17) is 14.2 Å². The van der Waals surface area contributed by atoms with Gasteiger partial charge in [-0.3, -0.25) is 9.69 Å². The van der Waals surface area contributed by atoms with Crippen LogP contribution in [0.1, 0.15) is 48.0 Å². The van der Waals surface area contributed by atoms with Crippen LogP contribution in [0, 0.1) is 0 Å². The third kappa shape index (κ3) is 11.4. The second kappa shape index (κ2) is 13.3. The highest BCUT2D eigenvalue weighted by Gasteiger charge is 2.37. The summed E-state index contributed by atoms with van der Waals surface area (Å²) >= 11 is 0. The van der Waals surface area contributed by atoms with Crippen LogP contribution in [-0.2, 0) is 19.1 Å². The number of esters is 2. The zero-order chi connectivity index (χ0) is 25.9. The Balaban J connectivity index is 3.22. The van der Waals surface area contributed by atoms with E-state index in [1.165, 1.54) is 4.90 Å². The highest BCUT2D eigenvalue weighted by Crippen LogP contribution is 2.18. The summed E-state index contributed by atoms with van der Waals surface area (Å²) in [6.45, 7) is 9.64. The van der Waals surface area contributed by atoms with Crippen molar-refractivity contribution < 1.29 is 38.8 Å². The Labute approximate surface area is 201 Å². The number of carbonyl (C=O) groups is 3. The first-order chi connectivity index (χ1) is 15.8. The van der Waals surface area contributed by atoms with Crippen molar-refractivity contribution in [1.29, 1.82) is 0 Å². The zero-order valence-electron chi connectivity index (χ0n) is 20.9. The van der Waals surface area contributed by atoms with Gasteiger partial charge in [0.1, 0.15) is 29.0 Å². The van der Waals surface area contributed by atoms with Crippen molar-refractivity contribution >= 4 is 18.0 Å². The Bertz CT molecular complexity index is 780. The van der Waals surface area contributed by atoms with Gasteiger partial charge < -0.3 is 29.7 Å².